The van der Waals surface area contributed by atoms with Gasteiger partial charge in [-0.05, 0) is 31.9 Å². The Bertz CT molecular complexity index is 379. The summed E-state index contributed by atoms with van der Waals surface area (Å²) < 4.78 is 5.61. The summed E-state index contributed by atoms with van der Waals surface area (Å²) in [6, 6.07) is 4.61. The largest absolute Gasteiger partial charge is 0.376 e. The van der Waals surface area contributed by atoms with Gasteiger partial charge in [0.1, 0.15) is 0 Å². The van der Waals surface area contributed by atoms with Crippen molar-refractivity contribution in [2.24, 2.45) is 5.73 Å². The summed E-state index contributed by atoms with van der Waals surface area (Å²) in [6.07, 6.45) is 4.19. The molecule has 4 nitrogen and oxygen atoms in total. The maximum Gasteiger partial charge on any atom is 0.0750 e. The molecular formula is C14H23N3O. The molecule has 3 atom stereocenters. The zero-order valence-corrected chi connectivity index (χ0v) is 11.5. The van der Waals surface area contributed by atoms with E-state index in [-0.39, 0.29) is 12.1 Å². The Balaban J connectivity index is 2.09. The molecule has 0 bridgehead atoms. The van der Waals surface area contributed by atoms with E-state index in [1.807, 2.05) is 12.3 Å². The SMILES string of the molecule is CC[C@@H](N)c1ccc(N(C)C2CCOC2C)cn1. The van der Waals surface area contributed by atoms with Crippen LogP contribution in [0.3, 0.4) is 0 Å². The minimum Gasteiger partial charge on any atom is -0.376 e. The fourth-order valence-electron chi connectivity index (χ4n) is 2.46. The number of pyridine rings is 1. The lowest BCUT2D eigenvalue weighted by Gasteiger charge is -2.28. The molecule has 0 radical (unpaired) electrons. The topological polar surface area (TPSA) is 51.4 Å². The number of hydrogen-bond donors (Lipinski definition) is 1. The van der Waals surface area contributed by atoms with Crippen molar-refractivity contribution in [2.45, 2.75) is 44.9 Å². The number of anilines is 1. The van der Waals surface area contributed by atoms with Gasteiger partial charge in [0, 0.05) is 19.7 Å². The highest BCUT2D eigenvalue weighted by molar-refractivity contribution is 5.45. The van der Waals surface area contributed by atoms with Crippen molar-refractivity contribution in [3.63, 3.8) is 0 Å². The molecule has 0 amide bonds. The third-order valence-corrected chi connectivity index (χ3v) is 3.83. The zero-order chi connectivity index (χ0) is 13.1. The van der Waals surface area contributed by atoms with Crippen LogP contribution in [0.5, 0.6) is 0 Å². The summed E-state index contributed by atoms with van der Waals surface area (Å²) in [5.41, 5.74) is 8.06. The molecule has 0 spiro atoms. The standard InChI is InChI=1S/C14H23N3O/c1-4-12(15)13-6-5-11(9-16-13)17(3)14-7-8-18-10(14)2/h5-6,9-10,12,14H,4,7-8,15H2,1-3H3/t10?,12-,14?/m1/s1. The van der Waals surface area contributed by atoms with E-state index in [4.69, 9.17) is 10.5 Å². The fourth-order valence-corrected chi connectivity index (χ4v) is 2.46. The van der Waals surface area contributed by atoms with E-state index in [0.717, 1.165) is 30.8 Å². The van der Waals surface area contributed by atoms with Crippen LogP contribution in [0.4, 0.5) is 5.69 Å². The van der Waals surface area contributed by atoms with Crippen LogP contribution in [0, 0.1) is 0 Å². The molecule has 1 aromatic heterocycles. The van der Waals surface area contributed by atoms with Gasteiger partial charge in [-0.15, -0.1) is 0 Å². The first-order valence-corrected chi connectivity index (χ1v) is 6.69. The third kappa shape index (κ3) is 2.65. The molecule has 1 saturated heterocycles. The van der Waals surface area contributed by atoms with Crippen LogP contribution in [0.25, 0.3) is 0 Å². The summed E-state index contributed by atoms with van der Waals surface area (Å²) in [4.78, 5) is 6.72. The number of hydrogen-bond acceptors (Lipinski definition) is 4. The minimum atomic E-state index is 0.0399. The highest BCUT2D eigenvalue weighted by atomic mass is 16.5. The number of rotatable bonds is 4. The molecule has 18 heavy (non-hydrogen) atoms. The van der Waals surface area contributed by atoms with Gasteiger partial charge in [0.25, 0.3) is 0 Å². The van der Waals surface area contributed by atoms with E-state index in [9.17, 15) is 0 Å². The van der Waals surface area contributed by atoms with E-state index >= 15 is 0 Å². The predicted octanol–water partition coefficient (Wildman–Crippen LogP) is 2.10. The molecule has 2 unspecified atom stereocenters. The highest BCUT2D eigenvalue weighted by Gasteiger charge is 2.28. The summed E-state index contributed by atoms with van der Waals surface area (Å²) >= 11 is 0. The Hall–Kier alpha value is -1.13. The first kappa shape index (κ1) is 13.3. The van der Waals surface area contributed by atoms with Gasteiger partial charge in [0.05, 0.1) is 29.7 Å². The molecule has 1 fully saturated rings. The lowest BCUT2D eigenvalue weighted by atomic mass is 10.1. The fraction of sp³-hybridized carbons (Fsp3) is 0.643. The molecule has 0 aliphatic carbocycles. The molecule has 1 aliphatic heterocycles. The Kier molecular flexibility index (Phi) is 4.19. The molecule has 4 heteroatoms. The summed E-state index contributed by atoms with van der Waals surface area (Å²) in [7, 11) is 2.10. The van der Waals surface area contributed by atoms with Crippen LogP contribution < -0.4 is 10.6 Å². The first-order valence-electron chi connectivity index (χ1n) is 6.69. The zero-order valence-electron chi connectivity index (χ0n) is 11.5. The minimum absolute atomic E-state index is 0.0399. The van der Waals surface area contributed by atoms with Crippen LogP contribution >= 0.6 is 0 Å². The average molecular weight is 249 g/mol. The van der Waals surface area contributed by atoms with Crippen molar-refractivity contribution in [3.05, 3.63) is 24.0 Å². The lowest BCUT2D eigenvalue weighted by molar-refractivity contribution is 0.118. The van der Waals surface area contributed by atoms with Crippen molar-refractivity contribution < 1.29 is 4.74 Å². The lowest BCUT2D eigenvalue weighted by Crippen LogP contribution is -2.36. The molecule has 1 aromatic rings. The van der Waals surface area contributed by atoms with E-state index < -0.39 is 0 Å². The smallest absolute Gasteiger partial charge is 0.0750 e. The predicted molar refractivity (Wildman–Crippen MR) is 73.7 cm³/mol. The van der Waals surface area contributed by atoms with Crippen LogP contribution in [0.2, 0.25) is 0 Å². The Morgan fingerprint density at radius 2 is 2.33 bits per heavy atom. The number of nitrogens with zero attached hydrogens (tertiary/aromatic N) is 2. The van der Waals surface area contributed by atoms with E-state index in [0.29, 0.717) is 6.04 Å². The summed E-state index contributed by atoms with van der Waals surface area (Å²) in [6.45, 7) is 5.05. The second-order valence-corrected chi connectivity index (χ2v) is 5.00. The monoisotopic (exact) mass is 249 g/mol. The number of nitrogens with two attached hydrogens (primary N) is 1. The van der Waals surface area contributed by atoms with Gasteiger partial charge in [-0.2, -0.15) is 0 Å². The Morgan fingerprint density at radius 1 is 1.56 bits per heavy atom. The number of ether oxygens (including phenoxy) is 1. The molecule has 100 valence electrons. The van der Waals surface area contributed by atoms with E-state index in [1.54, 1.807) is 0 Å². The molecule has 0 aromatic carbocycles. The normalized spacial score (nSPS) is 25.1. The maximum atomic E-state index is 5.97. The van der Waals surface area contributed by atoms with Crippen LogP contribution in [-0.4, -0.2) is 30.8 Å². The second kappa shape index (κ2) is 5.67. The van der Waals surface area contributed by atoms with Crippen molar-refractivity contribution in [1.29, 1.82) is 0 Å². The average Bonchev–Trinajstić information content (AvgIpc) is 2.83. The van der Waals surface area contributed by atoms with Gasteiger partial charge in [-0.1, -0.05) is 6.92 Å². The van der Waals surface area contributed by atoms with Crippen molar-refractivity contribution >= 4 is 5.69 Å². The van der Waals surface area contributed by atoms with Gasteiger partial charge in [0.15, 0.2) is 0 Å². The molecular weight excluding hydrogens is 226 g/mol. The van der Waals surface area contributed by atoms with Crippen molar-refractivity contribution in [3.8, 4) is 0 Å². The van der Waals surface area contributed by atoms with Crippen LogP contribution in [0.1, 0.15) is 38.4 Å². The highest BCUT2D eigenvalue weighted by Crippen LogP contribution is 2.24. The van der Waals surface area contributed by atoms with E-state index in [1.165, 1.54) is 0 Å². The van der Waals surface area contributed by atoms with Crippen LogP contribution in [0.15, 0.2) is 18.3 Å². The van der Waals surface area contributed by atoms with Crippen molar-refractivity contribution in [2.75, 3.05) is 18.6 Å². The summed E-state index contributed by atoms with van der Waals surface area (Å²) in [5, 5.41) is 0. The van der Waals surface area contributed by atoms with Gasteiger partial charge in [0.2, 0.25) is 0 Å². The van der Waals surface area contributed by atoms with Gasteiger partial charge < -0.3 is 15.4 Å². The second-order valence-electron chi connectivity index (χ2n) is 5.00. The molecule has 1 aliphatic rings. The van der Waals surface area contributed by atoms with Crippen molar-refractivity contribution in [1.82, 2.24) is 4.98 Å². The summed E-state index contributed by atoms with van der Waals surface area (Å²) in [5.74, 6) is 0. The van der Waals surface area contributed by atoms with Gasteiger partial charge in [-0.25, -0.2) is 0 Å². The van der Waals surface area contributed by atoms with Crippen LogP contribution in [-0.2, 0) is 4.74 Å². The Labute approximate surface area is 109 Å². The molecule has 2 rings (SSSR count). The molecule has 2 heterocycles. The third-order valence-electron chi connectivity index (χ3n) is 3.83. The Morgan fingerprint density at radius 3 is 2.83 bits per heavy atom. The van der Waals surface area contributed by atoms with E-state index in [2.05, 4.69) is 36.8 Å². The quantitative estimate of drug-likeness (QED) is 0.888. The van der Waals surface area contributed by atoms with Gasteiger partial charge in [-0.3, -0.25) is 4.98 Å². The van der Waals surface area contributed by atoms with Gasteiger partial charge >= 0.3 is 0 Å². The number of aromatic nitrogens is 1. The first-order chi connectivity index (χ1) is 8.63. The molecule has 2 N–H and O–H groups in total. The maximum absolute atomic E-state index is 5.97. The molecule has 0 saturated carbocycles. The number of likely N-dealkylation sites (N-methyl/N-ethyl adjacent to an activating group) is 1.